The lowest BCUT2D eigenvalue weighted by Gasteiger charge is -2.06. The number of rotatable bonds is 6. The number of carboxylic acid groups (broad SMARTS) is 1. The zero-order valence-electron chi connectivity index (χ0n) is 9.33. The topological polar surface area (TPSA) is 63.3 Å². The van der Waals surface area contributed by atoms with Gasteiger partial charge in [0.2, 0.25) is 0 Å². The van der Waals surface area contributed by atoms with Crippen LogP contribution < -0.4 is 5.73 Å². The van der Waals surface area contributed by atoms with Crippen LogP contribution in [0.15, 0.2) is 18.2 Å². The number of benzene rings is 1. The summed E-state index contributed by atoms with van der Waals surface area (Å²) in [7, 11) is 0. The Labute approximate surface area is 98.2 Å². The van der Waals surface area contributed by atoms with Crippen molar-refractivity contribution in [1.82, 2.24) is 0 Å². The van der Waals surface area contributed by atoms with E-state index in [0.29, 0.717) is 31.2 Å². The van der Waals surface area contributed by atoms with Crippen molar-refractivity contribution >= 4 is 5.97 Å². The molecule has 0 radical (unpaired) electrons. The predicted octanol–water partition coefficient (Wildman–Crippen LogP) is 2.09. The summed E-state index contributed by atoms with van der Waals surface area (Å²) in [6.07, 6.45) is 2.05. The van der Waals surface area contributed by atoms with E-state index >= 15 is 0 Å². The highest BCUT2D eigenvalue weighted by Gasteiger charge is 2.10. The van der Waals surface area contributed by atoms with Gasteiger partial charge in [0.1, 0.15) is 17.7 Å². The lowest BCUT2D eigenvalue weighted by Crippen LogP contribution is -2.29. The van der Waals surface area contributed by atoms with Crippen molar-refractivity contribution in [3.05, 3.63) is 35.4 Å². The van der Waals surface area contributed by atoms with E-state index in [1.54, 1.807) is 0 Å². The molecule has 0 amide bonds. The Balaban J connectivity index is 2.34. The van der Waals surface area contributed by atoms with Crippen LogP contribution in [0.4, 0.5) is 8.78 Å². The van der Waals surface area contributed by atoms with E-state index < -0.39 is 23.6 Å². The highest BCUT2D eigenvalue weighted by Crippen LogP contribution is 2.13. The maximum atomic E-state index is 13.2. The summed E-state index contributed by atoms with van der Waals surface area (Å²) < 4.78 is 25.8. The molecule has 1 rings (SSSR count). The zero-order valence-corrected chi connectivity index (χ0v) is 9.33. The van der Waals surface area contributed by atoms with E-state index in [1.165, 1.54) is 12.1 Å². The van der Waals surface area contributed by atoms with Gasteiger partial charge in [0.25, 0.3) is 0 Å². The normalized spacial score (nSPS) is 12.4. The number of carbonyl (C=O) groups is 1. The van der Waals surface area contributed by atoms with Gasteiger partial charge in [-0.3, -0.25) is 4.79 Å². The van der Waals surface area contributed by atoms with Gasteiger partial charge in [-0.15, -0.1) is 0 Å². The molecule has 3 nitrogen and oxygen atoms in total. The fraction of sp³-hybridized carbons (Fsp3) is 0.417. The van der Waals surface area contributed by atoms with Gasteiger partial charge in [0, 0.05) is 6.07 Å². The standard InChI is InChI=1S/C12H15F2NO2/c13-9-6-5-8(10(14)7-9)3-1-2-4-11(15)12(16)17/h5-7,11H,1-4,15H2,(H,16,17). The molecule has 0 saturated carbocycles. The highest BCUT2D eigenvalue weighted by atomic mass is 19.1. The Hall–Kier alpha value is -1.49. The first-order chi connectivity index (χ1) is 8.00. The molecule has 17 heavy (non-hydrogen) atoms. The average molecular weight is 243 g/mol. The van der Waals surface area contributed by atoms with Crippen LogP contribution in [0.25, 0.3) is 0 Å². The van der Waals surface area contributed by atoms with Crippen molar-refractivity contribution in [2.45, 2.75) is 31.7 Å². The van der Waals surface area contributed by atoms with Gasteiger partial charge < -0.3 is 10.8 Å². The van der Waals surface area contributed by atoms with Crippen LogP contribution in [0, 0.1) is 11.6 Å². The van der Waals surface area contributed by atoms with Gasteiger partial charge in [0.15, 0.2) is 0 Å². The van der Waals surface area contributed by atoms with Gasteiger partial charge in [0.05, 0.1) is 0 Å². The van der Waals surface area contributed by atoms with Crippen LogP contribution in [0.2, 0.25) is 0 Å². The van der Waals surface area contributed by atoms with Crippen LogP contribution in [0.3, 0.4) is 0 Å². The number of aryl methyl sites for hydroxylation is 1. The smallest absolute Gasteiger partial charge is 0.320 e. The number of aliphatic carboxylic acids is 1. The van der Waals surface area contributed by atoms with Crippen molar-refractivity contribution in [1.29, 1.82) is 0 Å². The van der Waals surface area contributed by atoms with Crippen molar-refractivity contribution in [2.24, 2.45) is 5.73 Å². The first-order valence-corrected chi connectivity index (χ1v) is 5.43. The van der Waals surface area contributed by atoms with E-state index in [2.05, 4.69) is 0 Å². The monoisotopic (exact) mass is 243 g/mol. The van der Waals surface area contributed by atoms with E-state index in [-0.39, 0.29) is 0 Å². The van der Waals surface area contributed by atoms with Crippen molar-refractivity contribution < 1.29 is 18.7 Å². The highest BCUT2D eigenvalue weighted by molar-refractivity contribution is 5.72. The molecule has 1 unspecified atom stereocenters. The number of hydrogen-bond donors (Lipinski definition) is 2. The van der Waals surface area contributed by atoms with E-state index in [1.807, 2.05) is 0 Å². The Morgan fingerprint density at radius 3 is 2.65 bits per heavy atom. The van der Waals surface area contributed by atoms with E-state index in [0.717, 1.165) is 6.07 Å². The minimum Gasteiger partial charge on any atom is -0.480 e. The second kappa shape index (κ2) is 6.30. The SMILES string of the molecule is NC(CCCCc1ccc(F)cc1F)C(=O)O. The quantitative estimate of drug-likeness (QED) is 0.752. The molecule has 0 heterocycles. The maximum Gasteiger partial charge on any atom is 0.320 e. The Morgan fingerprint density at radius 2 is 2.06 bits per heavy atom. The van der Waals surface area contributed by atoms with Gasteiger partial charge in [-0.1, -0.05) is 12.5 Å². The lowest BCUT2D eigenvalue weighted by atomic mass is 10.0. The van der Waals surface area contributed by atoms with Crippen LogP contribution in [-0.2, 0) is 11.2 Å². The molecule has 0 aliphatic rings. The summed E-state index contributed by atoms with van der Waals surface area (Å²) in [5.74, 6) is -2.19. The van der Waals surface area contributed by atoms with E-state index in [9.17, 15) is 13.6 Å². The van der Waals surface area contributed by atoms with Crippen molar-refractivity contribution in [3.8, 4) is 0 Å². The molecule has 0 bridgehead atoms. The van der Waals surface area contributed by atoms with Gasteiger partial charge >= 0.3 is 5.97 Å². The number of hydrogen-bond acceptors (Lipinski definition) is 2. The molecule has 0 saturated heterocycles. The van der Waals surface area contributed by atoms with Gasteiger partial charge in [-0.25, -0.2) is 8.78 Å². The fourth-order valence-electron chi connectivity index (χ4n) is 1.53. The molecule has 1 aromatic carbocycles. The fourth-order valence-corrected chi connectivity index (χ4v) is 1.53. The Kier molecular flexibility index (Phi) is 5.03. The summed E-state index contributed by atoms with van der Waals surface area (Å²) in [5.41, 5.74) is 5.76. The second-order valence-corrected chi connectivity index (χ2v) is 3.93. The van der Waals surface area contributed by atoms with Gasteiger partial charge in [-0.2, -0.15) is 0 Å². The van der Waals surface area contributed by atoms with Gasteiger partial charge in [-0.05, 0) is 30.9 Å². The Morgan fingerprint density at radius 1 is 1.35 bits per heavy atom. The van der Waals surface area contributed by atoms with Crippen molar-refractivity contribution in [2.75, 3.05) is 0 Å². The summed E-state index contributed by atoms with van der Waals surface area (Å²) in [5, 5.41) is 8.55. The molecule has 94 valence electrons. The summed E-state index contributed by atoms with van der Waals surface area (Å²) in [4.78, 5) is 10.4. The third-order valence-electron chi connectivity index (χ3n) is 2.54. The lowest BCUT2D eigenvalue weighted by molar-refractivity contribution is -0.138. The first kappa shape index (κ1) is 13.6. The van der Waals surface area contributed by atoms with Crippen LogP contribution in [0.1, 0.15) is 24.8 Å². The first-order valence-electron chi connectivity index (χ1n) is 5.43. The molecule has 3 N–H and O–H groups in total. The average Bonchev–Trinajstić information content (AvgIpc) is 2.26. The summed E-state index contributed by atoms with van der Waals surface area (Å²) in [6, 6.07) is 2.59. The summed E-state index contributed by atoms with van der Waals surface area (Å²) >= 11 is 0. The Bertz CT molecular complexity index is 396. The molecular weight excluding hydrogens is 228 g/mol. The van der Waals surface area contributed by atoms with Crippen LogP contribution in [-0.4, -0.2) is 17.1 Å². The minimum absolute atomic E-state index is 0.359. The molecule has 1 atom stereocenters. The molecule has 0 fully saturated rings. The molecule has 0 aliphatic carbocycles. The molecule has 0 aromatic heterocycles. The predicted molar refractivity (Wildman–Crippen MR) is 59.5 cm³/mol. The number of carboxylic acids is 1. The summed E-state index contributed by atoms with van der Waals surface area (Å²) in [6.45, 7) is 0. The number of nitrogens with two attached hydrogens (primary N) is 1. The van der Waals surface area contributed by atoms with Crippen molar-refractivity contribution in [3.63, 3.8) is 0 Å². The largest absolute Gasteiger partial charge is 0.480 e. The van der Waals surface area contributed by atoms with E-state index in [4.69, 9.17) is 10.8 Å². The second-order valence-electron chi connectivity index (χ2n) is 3.93. The zero-order chi connectivity index (χ0) is 12.8. The molecule has 5 heteroatoms. The third-order valence-corrected chi connectivity index (χ3v) is 2.54. The van der Waals surface area contributed by atoms with Crippen LogP contribution >= 0.6 is 0 Å². The molecule has 1 aromatic rings. The minimum atomic E-state index is -1.03. The molecule has 0 spiro atoms. The van der Waals surface area contributed by atoms with Crippen LogP contribution in [0.5, 0.6) is 0 Å². The molecule has 0 aliphatic heterocycles. The third kappa shape index (κ3) is 4.48. The number of unbranched alkanes of at least 4 members (excludes halogenated alkanes) is 1. The molecular formula is C12H15F2NO2. The number of halogens is 2. The maximum absolute atomic E-state index is 13.2.